The van der Waals surface area contributed by atoms with E-state index in [0.717, 1.165) is 25.7 Å². The third-order valence-corrected chi connectivity index (χ3v) is 2.66. The molecule has 82 valence electrons. The van der Waals surface area contributed by atoms with E-state index in [1.165, 1.54) is 0 Å². The second kappa shape index (κ2) is 5.35. The van der Waals surface area contributed by atoms with Gasteiger partial charge >= 0.3 is 5.97 Å². The molecule has 1 saturated carbocycles. The summed E-state index contributed by atoms with van der Waals surface area (Å²) < 4.78 is 5.64. The van der Waals surface area contributed by atoms with Gasteiger partial charge < -0.3 is 9.84 Å². The van der Waals surface area contributed by atoms with Crippen molar-refractivity contribution in [1.29, 1.82) is 0 Å². The van der Waals surface area contributed by atoms with Crippen LogP contribution in [0, 0.1) is 11.8 Å². The van der Waals surface area contributed by atoms with Crippen molar-refractivity contribution in [2.24, 2.45) is 11.8 Å². The topological polar surface area (TPSA) is 46.5 Å². The molecule has 1 rings (SSSR count). The van der Waals surface area contributed by atoms with Crippen molar-refractivity contribution in [1.82, 2.24) is 0 Å². The van der Waals surface area contributed by atoms with Crippen molar-refractivity contribution < 1.29 is 14.6 Å². The van der Waals surface area contributed by atoms with Crippen LogP contribution in [0.4, 0.5) is 0 Å². The summed E-state index contributed by atoms with van der Waals surface area (Å²) in [5, 5.41) is 8.99. The van der Waals surface area contributed by atoms with Crippen molar-refractivity contribution >= 4 is 5.97 Å². The van der Waals surface area contributed by atoms with Gasteiger partial charge in [0, 0.05) is 6.61 Å². The van der Waals surface area contributed by atoms with Crippen LogP contribution in [0.1, 0.15) is 39.5 Å². The molecule has 3 nitrogen and oxygen atoms in total. The Labute approximate surface area is 85.5 Å². The predicted molar refractivity (Wildman–Crippen MR) is 54.2 cm³/mol. The molecule has 0 aromatic heterocycles. The van der Waals surface area contributed by atoms with Gasteiger partial charge in [-0.05, 0) is 18.8 Å². The highest BCUT2D eigenvalue weighted by molar-refractivity contribution is 5.70. The monoisotopic (exact) mass is 200 g/mol. The fourth-order valence-corrected chi connectivity index (χ4v) is 1.89. The van der Waals surface area contributed by atoms with Crippen molar-refractivity contribution in [3.05, 3.63) is 0 Å². The number of carbonyl (C=O) groups is 1. The molecule has 1 aliphatic carbocycles. The van der Waals surface area contributed by atoms with Gasteiger partial charge in [0.15, 0.2) is 0 Å². The third kappa shape index (κ3) is 3.29. The minimum Gasteiger partial charge on any atom is -0.481 e. The summed E-state index contributed by atoms with van der Waals surface area (Å²) in [5.41, 5.74) is 0. The van der Waals surface area contributed by atoms with Crippen LogP contribution in [0.5, 0.6) is 0 Å². The number of carboxylic acid groups (broad SMARTS) is 1. The Balaban J connectivity index is 2.42. The van der Waals surface area contributed by atoms with Crippen LogP contribution >= 0.6 is 0 Å². The van der Waals surface area contributed by atoms with Gasteiger partial charge in [-0.2, -0.15) is 0 Å². The van der Waals surface area contributed by atoms with Crippen LogP contribution < -0.4 is 0 Å². The molecule has 1 N–H and O–H groups in total. The summed E-state index contributed by atoms with van der Waals surface area (Å²) in [5.74, 6) is -0.493. The first kappa shape index (κ1) is 11.5. The fraction of sp³-hybridized carbons (Fsp3) is 0.909. The normalized spacial score (nSPS) is 27.9. The van der Waals surface area contributed by atoms with Crippen LogP contribution in [-0.4, -0.2) is 23.8 Å². The van der Waals surface area contributed by atoms with Gasteiger partial charge in [0.25, 0.3) is 0 Å². The van der Waals surface area contributed by atoms with Gasteiger partial charge in [-0.1, -0.05) is 26.7 Å². The first-order valence-electron chi connectivity index (χ1n) is 5.45. The second-order valence-corrected chi connectivity index (χ2v) is 4.49. The number of ether oxygens (including phenoxy) is 1. The molecule has 1 aliphatic rings. The largest absolute Gasteiger partial charge is 0.481 e. The molecule has 0 bridgehead atoms. The number of carboxylic acids is 1. The molecule has 2 unspecified atom stereocenters. The first-order valence-corrected chi connectivity index (χ1v) is 5.45. The fourth-order valence-electron chi connectivity index (χ4n) is 1.89. The van der Waals surface area contributed by atoms with Crippen LogP contribution in [0.15, 0.2) is 0 Å². The minimum atomic E-state index is -0.696. The third-order valence-electron chi connectivity index (χ3n) is 2.66. The van der Waals surface area contributed by atoms with Crippen molar-refractivity contribution in [3.63, 3.8) is 0 Å². The zero-order chi connectivity index (χ0) is 10.6. The van der Waals surface area contributed by atoms with E-state index in [1.54, 1.807) is 0 Å². The van der Waals surface area contributed by atoms with Crippen LogP contribution in [0.2, 0.25) is 0 Å². The first-order chi connectivity index (χ1) is 6.61. The summed E-state index contributed by atoms with van der Waals surface area (Å²) in [4.78, 5) is 10.9. The molecule has 1 fully saturated rings. The molecule has 0 aromatic rings. The zero-order valence-corrected chi connectivity index (χ0v) is 9.03. The molecule has 0 aromatic carbocycles. The molecule has 0 saturated heterocycles. The quantitative estimate of drug-likeness (QED) is 0.757. The molecule has 0 heterocycles. The number of hydrogen-bond donors (Lipinski definition) is 1. The maximum atomic E-state index is 10.9. The average molecular weight is 200 g/mol. The Morgan fingerprint density at radius 2 is 2.07 bits per heavy atom. The lowest BCUT2D eigenvalue weighted by molar-refractivity contribution is -0.150. The highest BCUT2D eigenvalue weighted by atomic mass is 16.5. The van der Waals surface area contributed by atoms with Crippen molar-refractivity contribution in [3.8, 4) is 0 Å². The number of aliphatic carboxylic acids is 1. The lowest BCUT2D eigenvalue weighted by Gasteiger charge is -2.29. The van der Waals surface area contributed by atoms with E-state index >= 15 is 0 Å². The Kier molecular flexibility index (Phi) is 4.39. The van der Waals surface area contributed by atoms with E-state index in [0.29, 0.717) is 12.5 Å². The van der Waals surface area contributed by atoms with Crippen molar-refractivity contribution in [2.75, 3.05) is 6.61 Å². The summed E-state index contributed by atoms with van der Waals surface area (Å²) in [6.45, 7) is 4.84. The maximum Gasteiger partial charge on any atom is 0.309 e. The predicted octanol–water partition coefficient (Wildman–Crippen LogP) is 2.30. The van der Waals surface area contributed by atoms with E-state index in [2.05, 4.69) is 13.8 Å². The van der Waals surface area contributed by atoms with Gasteiger partial charge in [-0.25, -0.2) is 0 Å². The highest BCUT2D eigenvalue weighted by Crippen LogP contribution is 2.27. The highest BCUT2D eigenvalue weighted by Gasteiger charge is 2.31. The molecule has 0 radical (unpaired) electrons. The molecule has 3 heteroatoms. The SMILES string of the molecule is CC(C)COC1CCCCC1C(=O)O. The van der Waals surface area contributed by atoms with Gasteiger partial charge in [0.1, 0.15) is 0 Å². The summed E-state index contributed by atoms with van der Waals surface area (Å²) in [6.07, 6.45) is 3.76. The van der Waals surface area contributed by atoms with E-state index in [1.807, 2.05) is 0 Å². The van der Waals surface area contributed by atoms with E-state index in [-0.39, 0.29) is 12.0 Å². The standard InChI is InChI=1S/C11H20O3/c1-8(2)7-14-10-6-4-3-5-9(10)11(12)13/h8-10H,3-7H2,1-2H3,(H,12,13). The maximum absolute atomic E-state index is 10.9. The zero-order valence-electron chi connectivity index (χ0n) is 9.03. The summed E-state index contributed by atoms with van der Waals surface area (Å²) in [6, 6.07) is 0. The van der Waals surface area contributed by atoms with E-state index in [4.69, 9.17) is 9.84 Å². The van der Waals surface area contributed by atoms with Crippen LogP contribution in [0.3, 0.4) is 0 Å². The number of hydrogen-bond acceptors (Lipinski definition) is 2. The minimum absolute atomic E-state index is 0.0522. The molecular weight excluding hydrogens is 180 g/mol. The molecule has 2 atom stereocenters. The Bertz CT molecular complexity index is 189. The molecule has 0 amide bonds. The van der Waals surface area contributed by atoms with Gasteiger partial charge in [0.2, 0.25) is 0 Å². The molecule has 0 aliphatic heterocycles. The Morgan fingerprint density at radius 1 is 1.43 bits per heavy atom. The van der Waals surface area contributed by atoms with Crippen molar-refractivity contribution in [2.45, 2.75) is 45.6 Å². The van der Waals surface area contributed by atoms with Gasteiger partial charge in [-0.3, -0.25) is 4.79 Å². The van der Waals surface area contributed by atoms with Gasteiger partial charge in [0.05, 0.1) is 12.0 Å². The van der Waals surface area contributed by atoms with Crippen LogP contribution in [-0.2, 0) is 9.53 Å². The van der Waals surface area contributed by atoms with Gasteiger partial charge in [-0.15, -0.1) is 0 Å². The Morgan fingerprint density at radius 3 is 2.64 bits per heavy atom. The lowest BCUT2D eigenvalue weighted by Crippen LogP contribution is -2.34. The molecular formula is C11H20O3. The molecule has 14 heavy (non-hydrogen) atoms. The number of rotatable bonds is 4. The van der Waals surface area contributed by atoms with E-state index in [9.17, 15) is 4.79 Å². The summed E-state index contributed by atoms with van der Waals surface area (Å²) >= 11 is 0. The average Bonchev–Trinajstić information content (AvgIpc) is 2.15. The second-order valence-electron chi connectivity index (χ2n) is 4.49. The Hall–Kier alpha value is -0.570. The smallest absolute Gasteiger partial charge is 0.309 e. The lowest BCUT2D eigenvalue weighted by atomic mass is 9.86. The summed E-state index contributed by atoms with van der Waals surface area (Å²) in [7, 11) is 0. The van der Waals surface area contributed by atoms with E-state index < -0.39 is 5.97 Å². The molecule has 0 spiro atoms. The van der Waals surface area contributed by atoms with Crippen LogP contribution in [0.25, 0.3) is 0 Å².